The van der Waals surface area contributed by atoms with Crippen molar-refractivity contribution in [2.24, 2.45) is 0 Å². The first-order valence-electron chi connectivity index (χ1n) is 9.89. The van der Waals surface area contributed by atoms with Gasteiger partial charge in [0.05, 0.1) is 17.6 Å². The molecule has 0 spiro atoms. The molecule has 3 rings (SSSR count). The number of aromatic amines is 1. The van der Waals surface area contributed by atoms with E-state index in [9.17, 15) is 0 Å². The highest BCUT2D eigenvalue weighted by Crippen LogP contribution is 2.31. The number of benzene rings is 1. The van der Waals surface area contributed by atoms with Crippen molar-refractivity contribution in [3.8, 4) is 0 Å². The quantitative estimate of drug-likeness (QED) is 0.680. The van der Waals surface area contributed by atoms with E-state index in [0.717, 1.165) is 13.1 Å². The fraction of sp³-hybridized carbons (Fsp3) is 0.571. The number of anilines is 1. The first kappa shape index (κ1) is 17.2. The molecule has 1 heterocycles. The molecule has 2 aromatic rings. The number of hydrogen-bond acceptors (Lipinski definition) is 1. The standard InChI is InChI=1S/C21H31N3/c22-15-9-3-1-2-4-10-16-23-21-17-11-5-7-13-19(17)24-20-14-8-6-12-18(20)21/h5,7,11,13H,1-4,6,8-10,12,14-16,22H2,(H,23,24)/p+2. The molecule has 0 saturated carbocycles. The van der Waals surface area contributed by atoms with Crippen molar-refractivity contribution in [1.29, 1.82) is 0 Å². The van der Waals surface area contributed by atoms with Crippen LogP contribution >= 0.6 is 0 Å². The van der Waals surface area contributed by atoms with Gasteiger partial charge in [-0.1, -0.05) is 31.4 Å². The summed E-state index contributed by atoms with van der Waals surface area (Å²) in [6, 6.07) is 8.74. The van der Waals surface area contributed by atoms with E-state index in [1.54, 1.807) is 0 Å². The highest BCUT2D eigenvalue weighted by atomic mass is 14.9. The minimum atomic E-state index is 1.09. The van der Waals surface area contributed by atoms with Crippen LogP contribution in [0.3, 0.4) is 0 Å². The fourth-order valence-corrected chi connectivity index (χ4v) is 3.88. The van der Waals surface area contributed by atoms with Crippen molar-refractivity contribution in [2.45, 2.75) is 64.2 Å². The zero-order valence-electron chi connectivity index (χ0n) is 15.0. The van der Waals surface area contributed by atoms with Crippen LogP contribution in [0.4, 0.5) is 5.69 Å². The number of hydrogen-bond donors (Lipinski definition) is 2. The highest BCUT2D eigenvalue weighted by Gasteiger charge is 2.22. The van der Waals surface area contributed by atoms with Crippen LogP contribution in [0.5, 0.6) is 0 Å². The molecule has 0 fully saturated rings. The van der Waals surface area contributed by atoms with E-state index in [2.05, 4.69) is 40.3 Å². The number of aryl methyl sites for hydroxylation is 1. The van der Waals surface area contributed by atoms with E-state index < -0.39 is 0 Å². The van der Waals surface area contributed by atoms with Gasteiger partial charge in [0.25, 0.3) is 0 Å². The third-order valence-corrected chi connectivity index (χ3v) is 5.23. The number of fused-ring (bicyclic) bond motifs is 2. The molecule has 3 heteroatoms. The van der Waals surface area contributed by atoms with Crippen molar-refractivity contribution in [1.82, 2.24) is 0 Å². The van der Waals surface area contributed by atoms with Gasteiger partial charge in [-0.2, -0.15) is 0 Å². The first-order valence-corrected chi connectivity index (χ1v) is 9.89. The summed E-state index contributed by atoms with van der Waals surface area (Å²) in [5.74, 6) is 0. The van der Waals surface area contributed by atoms with Crippen LogP contribution in [0.15, 0.2) is 24.3 Å². The lowest BCUT2D eigenvalue weighted by molar-refractivity contribution is -0.368. The summed E-state index contributed by atoms with van der Waals surface area (Å²) in [7, 11) is 0. The molecule has 3 nitrogen and oxygen atoms in total. The maximum absolute atomic E-state index is 3.91. The second-order valence-electron chi connectivity index (χ2n) is 7.11. The van der Waals surface area contributed by atoms with E-state index in [0.29, 0.717) is 0 Å². The number of quaternary nitrogens is 1. The van der Waals surface area contributed by atoms with E-state index in [4.69, 9.17) is 0 Å². The Kier molecular flexibility index (Phi) is 6.48. The van der Waals surface area contributed by atoms with E-state index in [1.165, 1.54) is 92.1 Å². The summed E-state index contributed by atoms with van der Waals surface area (Å²) in [5.41, 5.74) is 9.58. The Bertz CT molecular complexity index is 651. The molecule has 1 aliphatic rings. The van der Waals surface area contributed by atoms with Gasteiger partial charge in [0.1, 0.15) is 0 Å². The molecule has 0 amide bonds. The summed E-state index contributed by atoms with van der Waals surface area (Å²) in [4.78, 5) is 3.67. The molecule has 0 radical (unpaired) electrons. The number of unbranched alkanes of at least 4 members (excludes halogenated alkanes) is 5. The van der Waals surface area contributed by atoms with Gasteiger partial charge < -0.3 is 11.1 Å². The lowest BCUT2D eigenvalue weighted by Gasteiger charge is -2.18. The Balaban J connectivity index is 1.61. The lowest BCUT2D eigenvalue weighted by Crippen LogP contribution is -2.50. The fourth-order valence-electron chi connectivity index (χ4n) is 3.88. The average Bonchev–Trinajstić information content (AvgIpc) is 2.63. The third-order valence-electron chi connectivity index (χ3n) is 5.23. The largest absolute Gasteiger partial charge is 0.384 e. The Hall–Kier alpha value is -1.61. The topological polar surface area (TPSA) is 53.8 Å². The van der Waals surface area contributed by atoms with Gasteiger partial charge in [0.2, 0.25) is 5.52 Å². The van der Waals surface area contributed by atoms with Crippen molar-refractivity contribution in [3.05, 3.63) is 35.5 Å². The zero-order chi connectivity index (χ0) is 16.6. The Morgan fingerprint density at radius 2 is 1.67 bits per heavy atom. The van der Waals surface area contributed by atoms with Crippen molar-refractivity contribution >= 4 is 16.6 Å². The second-order valence-corrected chi connectivity index (χ2v) is 7.11. The number of para-hydroxylation sites is 1. The predicted octanol–water partition coefficient (Wildman–Crippen LogP) is 3.53. The number of pyridine rings is 1. The normalized spacial score (nSPS) is 13.9. The minimum Gasteiger partial charge on any atom is -0.384 e. The maximum Gasteiger partial charge on any atom is 0.213 e. The van der Waals surface area contributed by atoms with E-state index in [-0.39, 0.29) is 0 Å². The van der Waals surface area contributed by atoms with Gasteiger partial charge in [-0.15, -0.1) is 0 Å². The monoisotopic (exact) mass is 327 g/mol. The minimum absolute atomic E-state index is 1.09. The SMILES string of the molecule is [NH3+]CCCCCCCCNc1c2c([nH+]c3ccccc13)CCCC2. The van der Waals surface area contributed by atoms with Crippen LogP contribution in [-0.4, -0.2) is 13.1 Å². The van der Waals surface area contributed by atoms with Crippen molar-refractivity contribution < 1.29 is 10.7 Å². The van der Waals surface area contributed by atoms with Crippen LogP contribution in [0.2, 0.25) is 0 Å². The molecule has 0 atom stereocenters. The lowest BCUT2D eigenvalue weighted by atomic mass is 9.92. The molecule has 0 saturated heterocycles. The summed E-state index contributed by atoms with van der Waals surface area (Å²) >= 11 is 0. The van der Waals surface area contributed by atoms with Gasteiger partial charge in [-0.05, 0) is 44.6 Å². The Morgan fingerprint density at radius 1 is 0.917 bits per heavy atom. The number of rotatable bonds is 9. The molecule has 130 valence electrons. The zero-order valence-corrected chi connectivity index (χ0v) is 15.0. The first-order chi connectivity index (χ1) is 11.9. The Labute approximate surface area is 146 Å². The smallest absolute Gasteiger partial charge is 0.213 e. The predicted molar refractivity (Wildman–Crippen MR) is 101 cm³/mol. The van der Waals surface area contributed by atoms with Crippen molar-refractivity contribution in [3.63, 3.8) is 0 Å². The summed E-state index contributed by atoms with van der Waals surface area (Å²) in [5, 5.41) is 5.14. The van der Waals surface area contributed by atoms with E-state index >= 15 is 0 Å². The van der Waals surface area contributed by atoms with Crippen LogP contribution in [0.1, 0.15) is 62.6 Å². The average molecular weight is 328 g/mol. The van der Waals surface area contributed by atoms with Crippen LogP contribution in [0.25, 0.3) is 10.9 Å². The number of H-pyrrole nitrogens is 1. The molecular formula is C21H33N3+2. The molecule has 1 aromatic heterocycles. The molecule has 0 unspecified atom stereocenters. The van der Waals surface area contributed by atoms with Gasteiger partial charge >= 0.3 is 0 Å². The molecule has 5 N–H and O–H groups in total. The summed E-state index contributed by atoms with van der Waals surface area (Å²) in [6.07, 6.45) is 13.0. The maximum atomic E-state index is 3.91. The second kappa shape index (κ2) is 9.03. The van der Waals surface area contributed by atoms with Crippen LogP contribution in [-0.2, 0) is 12.8 Å². The van der Waals surface area contributed by atoms with Crippen molar-refractivity contribution in [2.75, 3.05) is 18.4 Å². The third kappa shape index (κ3) is 4.27. The summed E-state index contributed by atoms with van der Waals surface area (Å²) in [6.45, 7) is 2.18. The highest BCUT2D eigenvalue weighted by molar-refractivity contribution is 5.91. The number of nitrogens with one attached hydrogen (secondary N) is 2. The van der Waals surface area contributed by atoms with Gasteiger partial charge in [0.15, 0.2) is 5.69 Å². The van der Waals surface area contributed by atoms with Crippen LogP contribution in [0, 0.1) is 0 Å². The van der Waals surface area contributed by atoms with Crippen LogP contribution < -0.4 is 16.0 Å². The molecule has 0 bridgehead atoms. The van der Waals surface area contributed by atoms with Gasteiger partial charge in [-0.25, -0.2) is 4.98 Å². The summed E-state index contributed by atoms with van der Waals surface area (Å²) < 4.78 is 0. The number of aromatic nitrogens is 1. The molecule has 1 aromatic carbocycles. The molecule has 1 aliphatic carbocycles. The molecule has 24 heavy (non-hydrogen) atoms. The van der Waals surface area contributed by atoms with Gasteiger partial charge in [-0.3, -0.25) is 0 Å². The molecule has 0 aliphatic heterocycles. The Morgan fingerprint density at radius 3 is 2.54 bits per heavy atom. The molecular weight excluding hydrogens is 294 g/mol. The van der Waals surface area contributed by atoms with Gasteiger partial charge in [0, 0.05) is 24.6 Å². The van der Waals surface area contributed by atoms with E-state index in [1.807, 2.05) is 0 Å².